The molecule has 1 heterocycles. The van der Waals surface area contributed by atoms with Gasteiger partial charge in [0.15, 0.2) is 5.96 Å². The van der Waals surface area contributed by atoms with Gasteiger partial charge in [-0.1, -0.05) is 6.42 Å². The van der Waals surface area contributed by atoms with Crippen molar-refractivity contribution in [2.45, 2.75) is 50.8 Å². The molecule has 0 aromatic carbocycles. The maximum atomic E-state index is 13.6. The number of ether oxygens (including phenoxy) is 1. The van der Waals surface area contributed by atoms with Crippen LogP contribution in [0.1, 0.15) is 44.9 Å². The quantitative estimate of drug-likeness (QED) is 0.401. The van der Waals surface area contributed by atoms with Crippen molar-refractivity contribution in [2.24, 2.45) is 17.5 Å². The maximum absolute atomic E-state index is 13.6. The first-order valence-corrected chi connectivity index (χ1v) is 9.95. The van der Waals surface area contributed by atoms with Gasteiger partial charge in [-0.05, 0) is 31.6 Å². The molecule has 1 saturated carbocycles. The van der Waals surface area contributed by atoms with E-state index in [-0.39, 0.29) is 12.0 Å². The van der Waals surface area contributed by atoms with E-state index in [0.717, 1.165) is 25.7 Å². The van der Waals surface area contributed by atoms with E-state index in [2.05, 4.69) is 20.6 Å². The van der Waals surface area contributed by atoms with Crippen LogP contribution in [0.5, 0.6) is 0 Å². The molecule has 0 amide bonds. The second-order valence-electron chi connectivity index (χ2n) is 7.69. The lowest BCUT2D eigenvalue weighted by atomic mass is 9.67. The Labute approximate surface area is 169 Å². The van der Waals surface area contributed by atoms with Gasteiger partial charge < -0.3 is 25.0 Å². The molecule has 7 nitrogen and oxygen atoms in total. The summed E-state index contributed by atoms with van der Waals surface area (Å²) in [7, 11) is 3.10. The zero-order valence-corrected chi connectivity index (χ0v) is 17.3. The van der Waals surface area contributed by atoms with Crippen molar-refractivity contribution in [1.29, 1.82) is 0 Å². The lowest BCUT2D eigenvalue weighted by Gasteiger charge is -2.40. The monoisotopic (exact) mass is 419 g/mol. The minimum Gasteiger partial charge on any atom is -0.385 e. The molecule has 1 aliphatic carbocycles. The molecule has 0 bridgehead atoms. The number of aromatic nitrogens is 2. The van der Waals surface area contributed by atoms with Gasteiger partial charge in [0.25, 0.3) is 0 Å². The van der Waals surface area contributed by atoms with E-state index in [0.29, 0.717) is 25.7 Å². The number of nitrogens with one attached hydrogen (secondary N) is 2. The van der Waals surface area contributed by atoms with Crippen molar-refractivity contribution < 1.29 is 23.0 Å². The van der Waals surface area contributed by atoms with Crippen molar-refractivity contribution in [1.82, 2.24) is 20.2 Å². The molecule has 1 atom stereocenters. The fourth-order valence-electron chi connectivity index (χ4n) is 3.58. The van der Waals surface area contributed by atoms with Gasteiger partial charge in [-0.15, -0.1) is 0 Å². The lowest BCUT2D eigenvalue weighted by Crippen LogP contribution is -2.48. The van der Waals surface area contributed by atoms with Gasteiger partial charge in [-0.2, -0.15) is 13.2 Å². The smallest absolute Gasteiger partial charge is 0.385 e. The average molecular weight is 419 g/mol. The fraction of sp³-hybridized carbons (Fsp3) is 0.789. The molecule has 1 aromatic rings. The van der Waals surface area contributed by atoms with Gasteiger partial charge in [-0.25, -0.2) is 4.98 Å². The van der Waals surface area contributed by atoms with Crippen LogP contribution in [0.2, 0.25) is 0 Å². The Kier molecular flexibility index (Phi) is 7.93. The van der Waals surface area contributed by atoms with Crippen LogP contribution < -0.4 is 10.6 Å². The topological polar surface area (TPSA) is 83.7 Å². The van der Waals surface area contributed by atoms with E-state index in [1.54, 1.807) is 7.11 Å². The molecule has 3 N–H and O–H groups in total. The van der Waals surface area contributed by atoms with Crippen LogP contribution >= 0.6 is 0 Å². The Morgan fingerprint density at radius 2 is 2.10 bits per heavy atom. The first-order valence-electron chi connectivity index (χ1n) is 9.95. The van der Waals surface area contributed by atoms with Crippen molar-refractivity contribution in [3.05, 3.63) is 18.2 Å². The van der Waals surface area contributed by atoms with Crippen LogP contribution in [0, 0.1) is 5.41 Å². The summed E-state index contributed by atoms with van der Waals surface area (Å²) in [6.07, 6.45) is 1.41. The number of aliphatic imine (C=N–C) groups is 1. The Morgan fingerprint density at radius 1 is 1.38 bits per heavy atom. The van der Waals surface area contributed by atoms with E-state index in [4.69, 9.17) is 4.74 Å². The number of aryl methyl sites for hydroxylation is 1. The van der Waals surface area contributed by atoms with Gasteiger partial charge in [-0.3, -0.25) is 4.99 Å². The molecule has 166 valence electrons. The molecule has 1 aromatic heterocycles. The number of halogens is 3. The summed E-state index contributed by atoms with van der Waals surface area (Å²) in [5.41, 5.74) is -2.93. The number of hydrogen-bond donors (Lipinski definition) is 3. The third-order valence-corrected chi connectivity index (χ3v) is 5.61. The number of aliphatic hydroxyl groups is 1. The lowest BCUT2D eigenvalue weighted by molar-refractivity contribution is -0.272. The first-order chi connectivity index (χ1) is 13.7. The predicted octanol–water partition coefficient (Wildman–Crippen LogP) is 2.32. The zero-order chi connectivity index (χ0) is 21.5. The second kappa shape index (κ2) is 9.80. The number of imidazole rings is 1. The highest BCUT2D eigenvalue weighted by Crippen LogP contribution is 2.44. The molecule has 2 rings (SSSR count). The van der Waals surface area contributed by atoms with E-state index in [1.165, 1.54) is 24.0 Å². The summed E-state index contributed by atoms with van der Waals surface area (Å²) in [5.74, 6) is 0.0160. The Balaban J connectivity index is 2.02. The largest absolute Gasteiger partial charge is 0.424 e. The standard InChI is InChI=1S/C19H32F3N5O2/c1-4-23-16(26-14-17(6-5-7-17)9-13-29-3)25-10-8-18(28,19(20,21)22)15-24-11-12-27(15)2/h11-12,28H,4-10,13-14H2,1-3H3,(H2,23,25,26). The highest BCUT2D eigenvalue weighted by molar-refractivity contribution is 5.79. The van der Waals surface area contributed by atoms with Crippen LogP contribution in [-0.2, 0) is 17.4 Å². The van der Waals surface area contributed by atoms with Gasteiger partial charge in [0.05, 0.1) is 0 Å². The van der Waals surface area contributed by atoms with Crippen LogP contribution in [-0.4, -0.2) is 60.1 Å². The van der Waals surface area contributed by atoms with Gasteiger partial charge in [0.1, 0.15) is 5.82 Å². The summed E-state index contributed by atoms with van der Waals surface area (Å²) >= 11 is 0. The molecule has 0 radical (unpaired) electrons. The molecule has 0 spiro atoms. The van der Waals surface area contributed by atoms with Crippen LogP contribution in [0.3, 0.4) is 0 Å². The summed E-state index contributed by atoms with van der Waals surface area (Å²) in [6, 6.07) is 0. The fourth-order valence-corrected chi connectivity index (χ4v) is 3.58. The summed E-state index contributed by atoms with van der Waals surface area (Å²) < 4.78 is 47.2. The highest BCUT2D eigenvalue weighted by atomic mass is 19.4. The maximum Gasteiger partial charge on any atom is 0.424 e. The van der Waals surface area contributed by atoms with Gasteiger partial charge in [0.2, 0.25) is 5.60 Å². The predicted molar refractivity (Wildman–Crippen MR) is 105 cm³/mol. The number of guanidine groups is 1. The molecule has 1 aliphatic rings. The minimum absolute atomic E-state index is 0.109. The Bertz CT molecular complexity index is 673. The van der Waals surface area contributed by atoms with E-state index in [1.807, 2.05) is 6.92 Å². The van der Waals surface area contributed by atoms with Crippen LogP contribution in [0.25, 0.3) is 0 Å². The molecule has 0 aliphatic heterocycles. The molecular weight excluding hydrogens is 387 g/mol. The van der Waals surface area contributed by atoms with Gasteiger partial charge >= 0.3 is 6.18 Å². The zero-order valence-electron chi connectivity index (χ0n) is 17.3. The number of methoxy groups -OCH3 is 1. The van der Waals surface area contributed by atoms with Crippen molar-refractivity contribution in [3.8, 4) is 0 Å². The first kappa shape index (κ1) is 23.5. The molecular formula is C19H32F3N5O2. The van der Waals surface area contributed by atoms with E-state index in [9.17, 15) is 18.3 Å². The summed E-state index contributed by atoms with van der Waals surface area (Å²) in [4.78, 5) is 8.29. The van der Waals surface area contributed by atoms with Gasteiger partial charge in [0, 0.05) is 59.2 Å². The Hall–Kier alpha value is -1.81. The molecule has 1 fully saturated rings. The molecule has 0 saturated heterocycles. The molecule has 29 heavy (non-hydrogen) atoms. The highest BCUT2D eigenvalue weighted by Gasteiger charge is 2.57. The SMILES string of the molecule is CCNC(=NCC1(CCOC)CCC1)NCCC(O)(c1nccn1C)C(F)(F)F. The average Bonchev–Trinajstić information content (AvgIpc) is 3.05. The number of rotatable bonds is 10. The second-order valence-corrected chi connectivity index (χ2v) is 7.69. The molecule has 1 unspecified atom stereocenters. The molecule has 10 heteroatoms. The van der Waals surface area contributed by atoms with Crippen molar-refractivity contribution >= 4 is 5.96 Å². The van der Waals surface area contributed by atoms with Crippen LogP contribution in [0.4, 0.5) is 13.2 Å². The third-order valence-electron chi connectivity index (χ3n) is 5.61. The van der Waals surface area contributed by atoms with E-state index < -0.39 is 24.0 Å². The number of alkyl halides is 3. The van der Waals surface area contributed by atoms with Crippen molar-refractivity contribution in [3.63, 3.8) is 0 Å². The third kappa shape index (κ3) is 5.63. The summed E-state index contributed by atoms with van der Waals surface area (Å²) in [6.45, 7) is 3.62. The number of hydrogen-bond acceptors (Lipinski definition) is 4. The van der Waals surface area contributed by atoms with E-state index >= 15 is 0 Å². The van der Waals surface area contributed by atoms with Crippen LogP contribution in [0.15, 0.2) is 17.4 Å². The Morgan fingerprint density at radius 3 is 2.59 bits per heavy atom. The van der Waals surface area contributed by atoms with Crippen molar-refractivity contribution in [2.75, 3.05) is 33.4 Å². The number of nitrogens with zero attached hydrogens (tertiary/aromatic N) is 3. The normalized spacial score (nSPS) is 18.8. The summed E-state index contributed by atoms with van der Waals surface area (Å²) in [5, 5.41) is 16.4. The minimum atomic E-state index is -4.85.